The summed E-state index contributed by atoms with van der Waals surface area (Å²) < 4.78 is 34.3. The summed E-state index contributed by atoms with van der Waals surface area (Å²) in [6.45, 7) is 4.16. The highest BCUT2D eigenvalue weighted by molar-refractivity contribution is 7.45. The van der Waals surface area contributed by atoms with E-state index in [2.05, 4.69) is 86.8 Å². The Balaban J connectivity index is 4.03. The zero-order valence-corrected chi connectivity index (χ0v) is 53.9. The molecular formula is C70H128NO8P. The van der Waals surface area contributed by atoms with Crippen LogP contribution in [0.1, 0.15) is 309 Å². The number of esters is 2. The molecule has 2 unspecified atom stereocenters. The lowest BCUT2D eigenvalue weighted by molar-refractivity contribution is -0.870. The van der Waals surface area contributed by atoms with Gasteiger partial charge in [0.05, 0.1) is 27.7 Å². The van der Waals surface area contributed by atoms with Crippen molar-refractivity contribution in [3.05, 3.63) is 72.9 Å². The van der Waals surface area contributed by atoms with Gasteiger partial charge in [0.15, 0.2) is 6.10 Å². The second kappa shape index (κ2) is 61.0. The van der Waals surface area contributed by atoms with Crippen molar-refractivity contribution >= 4 is 19.8 Å². The van der Waals surface area contributed by atoms with Gasteiger partial charge in [0.2, 0.25) is 0 Å². The van der Waals surface area contributed by atoms with Gasteiger partial charge in [-0.05, 0) is 83.5 Å². The lowest BCUT2D eigenvalue weighted by atomic mass is 10.0. The summed E-state index contributed by atoms with van der Waals surface area (Å²) in [5.74, 6) is -0.823. The second-order valence-electron chi connectivity index (χ2n) is 23.8. The highest BCUT2D eigenvalue weighted by Gasteiger charge is 2.22. The van der Waals surface area contributed by atoms with Crippen molar-refractivity contribution in [2.75, 3.05) is 47.5 Å². The van der Waals surface area contributed by atoms with Gasteiger partial charge in [-0.25, -0.2) is 0 Å². The Kier molecular flexibility index (Phi) is 59.1. The van der Waals surface area contributed by atoms with Crippen molar-refractivity contribution in [1.29, 1.82) is 0 Å². The molecule has 0 aliphatic heterocycles. The monoisotopic (exact) mass is 1140 g/mol. The molecule has 0 spiro atoms. The number of carbonyl (C=O) groups excluding carboxylic acids is 2. The van der Waals surface area contributed by atoms with Crippen LogP contribution in [0.4, 0.5) is 0 Å². The fraction of sp³-hybridized carbons (Fsp3) is 0.800. The molecule has 80 heavy (non-hydrogen) atoms. The number of allylic oxidation sites excluding steroid dienone is 12. The third kappa shape index (κ3) is 64.6. The van der Waals surface area contributed by atoms with Crippen LogP contribution in [0.25, 0.3) is 0 Å². The number of quaternary nitrogens is 1. The smallest absolute Gasteiger partial charge is 0.306 e. The zero-order valence-electron chi connectivity index (χ0n) is 53.0. The van der Waals surface area contributed by atoms with Crippen LogP contribution in [0.3, 0.4) is 0 Å². The zero-order chi connectivity index (χ0) is 58.4. The van der Waals surface area contributed by atoms with E-state index >= 15 is 0 Å². The largest absolute Gasteiger partial charge is 0.756 e. The van der Waals surface area contributed by atoms with Gasteiger partial charge in [-0.2, -0.15) is 0 Å². The normalized spacial score (nSPS) is 13.6. The van der Waals surface area contributed by atoms with Crippen molar-refractivity contribution in [2.24, 2.45) is 0 Å². The molecule has 0 bridgehead atoms. The average Bonchev–Trinajstić information content (AvgIpc) is 3.42. The summed E-state index contributed by atoms with van der Waals surface area (Å²) >= 11 is 0. The van der Waals surface area contributed by atoms with Gasteiger partial charge < -0.3 is 27.9 Å². The Morgan fingerprint density at radius 2 is 0.713 bits per heavy atom. The Morgan fingerprint density at radius 1 is 0.400 bits per heavy atom. The van der Waals surface area contributed by atoms with Crippen molar-refractivity contribution in [3.63, 3.8) is 0 Å². The van der Waals surface area contributed by atoms with Gasteiger partial charge in [-0.1, -0.05) is 286 Å². The Hall–Kier alpha value is -2.55. The predicted octanol–water partition coefficient (Wildman–Crippen LogP) is 21.0. The van der Waals surface area contributed by atoms with Gasteiger partial charge in [0.25, 0.3) is 7.82 Å². The van der Waals surface area contributed by atoms with Crippen LogP contribution in [0, 0.1) is 0 Å². The molecule has 10 heteroatoms. The fourth-order valence-corrected chi connectivity index (χ4v) is 10.3. The molecule has 0 aromatic carbocycles. The molecule has 0 aliphatic carbocycles. The standard InChI is InChI=1S/C70H128NO8P/c1-6-8-10-12-14-16-18-20-22-24-26-28-30-31-32-33-34-35-36-37-38-39-41-43-45-47-49-51-53-55-57-59-61-63-70(73)79-68(67-78-80(74,75)77-65-64-71(3,4)5)66-76-69(72)62-60-58-56-54-52-50-48-46-44-42-40-29-27-25-23-21-19-17-15-13-11-9-7-2/h8,10,14,16,19-22,25-28,68H,6-7,9,11-13,15,17-18,23-24,29-67H2,1-5H3/b10-8-,16-14-,21-19-,22-20-,27-25-,28-26-. The van der Waals surface area contributed by atoms with Crippen LogP contribution in [0.2, 0.25) is 0 Å². The molecule has 0 fully saturated rings. The van der Waals surface area contributed by atoms with E-state index in [1.165, 1.54) is 205 Å². The average molecular weight is 1140 g/mol. The summed E-state index contributed by atoms with van der Waals surface area (Å²) in [6, 6.07) is 0. The van der Waals surface area contributed by atoms with E-state index < -0.39 is 26.5 Å². The lowest BCUT2D eigenvalue weighted by Crippen LogP contribution is -2.37. The van der Waals surface area contributed by atoms with Crippen LogP contribution in [-0.4, -0.2) is 70.0 Å². The van der Waals surface area contributed by atoms with E-state index in [1.54, 1.807) is 0 Å². The van der Waals surface area contributed by atoms with E-state index in [0.29, 0.717) is 17.4 Å². The van der Waals surface area contributed by atoms with E-state index in [0.717, 1.165) is 70.6 Å². The summed E-state index contributed by atoms with van der Waals surface area (Å²) in [5, 5.41) is 0. The number of unbranched alkanes of at least 4 members (excludes halogenated alkanes) is 36. The maximum atomic E-state index is 12.9. The van der Waals surface area contributed by atoms with E-state index in [1.807, 2.05) is 21.1 Å². The molecule has 2 atom stereocenters. The van der Waals surface area contributed by atoms with Gasteiger partial charge in [0, 0.05) is 12.8 Å². The molecule has 0 saturated heterocycles. The van der Waals surface area contributed by atoms with Crippen molar-refractivity contribution in [2.45, 2.75) is 315 Å². The minimum atomic E-state index is -4.64. The Morgan fingerprint density at radius 3 is 1.06 bits per heavy atom. The van der Waals surface area contributed by atoms with Crippen LogP contribution in [0.5, 0.6) is 0 Å². The van der Waals surface area contributed by atoms with E-state index in [-0.39, 0.29) is 32.0 Å². The van der Waals surface area contributed by atoms with Gasteiger partial charge in [-0.15, -0.1) is 0 Å². The molecule has 0 aliphatic rings. The minimum absolute atomic E-state index is 0.0312. The molecule has 0 aromatic heterocycles. The molecule has 9 nitrogen and oxygen atoms in total. The minimum Gasteiger partial charge on any atom is -0.756 e. The SMILES string of the molecule is CC/C=C\C/C=C\C/C=C\C/C=C\CCCCCCCCCCCCCCCCCCCCCCC(=O)OC(COC(=O)CCCCCCCCCCCCC/C=C\C/C=C\CCCCCCC)COP(=O)([O-])OCC[N+](C)(C)C. The first-order chi connectivity index (χ1) is 39.0. The van der Waals surface area contributed by atoms with Gasteiger partial charge >= 0.3 is 11.9 Å². The van der Waals surface area contributed by atoms with E-state index in [4.69, 9.17) is 18.5 Å². The third-order valence-electron chi connectivity index (χ3n) is 14.7. The fourth-order valence-electron chi connectivity index (χ4n) is 9.56. The molecule has 0 N–H and O–H groups in total. The number of likely N-dealkylation sites (N-methyl/N-ethyl adjacent to an activating group) is 1. The number of ether oxygens (including phenoxy) is 2. The highest BCUT2D eigenvalue weighted by Crippen LogP contribution is 2.38. The molecule has 0 aromatic rings. The molecule has 0 saturated carbocycles. The molecule has 0 rings (SSSR count). The quantitative estimate of drug-likeness (QED) is 0.0195. The third-order valence-corrected chi connectivity index (χ3v) is 15.7. The molecule has 0 radical (unpaired) electrons. The summed E-state index contributed by atoms with van der Waals surface area (Å²) in [5.41, 5.74) is 0. The first kappa shape index (κ1) is 77.5. The first-order valence-electron chi connectivity index (χ1n) is 33.6. The number of carbonyl (C=O) groups is 2. The molecule has 0 amide bonds. The van der Waals surface area contributed by atoms with Gasteiger partial charge in [-0.3, -0.25) is 14.2 Å². The summed E-state index contributed by atoms with van der Waals surface area (Å²) in [6.07, 6.45) is 81.2. The number of phosphoric acid groups is 1. The maximum Gasteiger partial charge on any atom is 0.306 e. The van der Waals surface area contributed by atoms with Crippen molar-refractivity contribution in [1.82, 2.24) is 0 Å². The number of nitrogens with zero attached hydrogens (tertiary/aromatic N) is 1. The number of hydrogen-bond donors (Lipinski definition) is 0. The van der Waals surface area contributed by atoms with Crippen molar-refractivity contribution in [3.8, 4) is 0 Å². The predicted molar refractivity (Wildman–Crippen MR) is 342 cm³/mol. The van der Waals surface area contributed by atoms with Crippen LogP contribution in [0.15, 0.2) is 72.9 Å². The number of rotatable bonds is 62. The highest BCUT2D eigenvalue weighted by atomic mass is 31.2. The Labute approximate surface area is 495 Å². The lowest BCUT2D eigenvalue weighted by Gasteiger charge is -2.28. The van der Waals surface area contributed by atoms with Crippen molar-refractivity contribution < 1.29 is 42.1 Å². The summed E-state index contributed by atoms with van der Waals surface area (Å²) in [7, 11) is 1.17. The molecular weight excluding hydrogens is 1010 g/mol. The molecule has 0 heterocycles. The van der Waals surface area contributed by atoms with Crippen LogP contribution >= 0.6 is 7.82 Å². The topological polar surface area (TPSA) is 111 Å². The van der Waals surface area contributed by atoms with Gasteiger partial charge in [0.1, 0.15) is 19.8 Å². The van der Waals surface area contributed by atoms with E-state index in [9.17, 15) is 19.0 Å². The van der Waals surface area contributed by atoms with Crippen LogP contribution < -0.4 is 4.89 Å². The second-order valence-corrected chi connectivity index (χ2v) is 25.2. The van der Waals surface area contributed by atoms with Crippen LogP contribution in [-0.2, 0) is 32.7 Å². The molecule has 466 valence electrons. The maximum absolute atomic E-state index is 12.9. The first-order valence-corrected chi connectivity index (χ1v) is 35.1. The Bertz CT molecular complexity index is 1580. The summed E-state index contributed by atoms with van der Waals surface area (Å²) in [4.78, 5) is 38.0. The number of phosphoric ester groups is 1. The number of hydrogen-bond acceptors (Lipinski definition) is 8.